The molecule has 0 radical (unpaired) electrons. The molecule has 1 fully saturated rings. The Morgan fingerprint density at radius 2 is 1.04 bits per heavy atom. The maximum atomic E-state index is 13.3. The standard InChI is InChI=1S/C58H91NO10/c1-4-7-10-13-16-19-22-25-26-28-31-34-37-40-43-46-53(63)69-56-55(65)54(64)52(47-60)68-58(56)67-48-49(50(61)44-41-38-35-32-30-27-23-20-17-14-11-8-5-2)59-57(66)51(62)45-42-39-36-33-29-24-21-18-15-12-9-6-3/h7,9-10,12-13,15-16,18-19,21-22,24-26,28-29,31,33,36,39,41,44,49-52,54-56,58,60-62,64-65H,4-6,8,11,14,17,20,23,27,30,32,34-35,37-38,40,42-43,45-48H2,1-3H3,(H,59,66)/b10-7+,12-9+,16-13+,18-15+,22-19-,24-21-,26-25-,31-28+,33-29-,39-36+,44-41+. The molecule has 1 rings (SSSR count). The minimum absolute atomic E-state index is 0.0569. The summed E-state index contributed by atoms with van der Waals surface area (Å²) in [5.74, 6) is -1.33. The van der Waals surface area contributed by atoms with Gasteiger partial charge in [-0.1, -0.05) is 225 Å². The Kier molecular flexibility index (Phi) is 40.9. The van der Waals surface area contributed by atoms with E-state index >= 15 is 0 Å². The number of unbranched alkanes of at least 4 members (excludes halogenated alkanes) is 14. The number of carbonyl (C=O) groups excluding carboxylic acids is 2. The van der Waals surface area contributed by atoms with E-state index in [2.05, 4.69) is 44.3 Å². The van der Waals surface area contributed by atoms with Crippen molar-refractivity contribution in [1.29, 1.82) is 0 Å². The number of rotatable bonds is 40. The third-order valence-corrected chi connectivity index (χ3v) is 11.3. The molecule has 8 atom stereocenters. The molecule has 8 unspecified atom stereocenters. The number of allylic oxidation sites excluding steroid dienone is 21. The van der Waals surface area contributed by atoms with Crippen LogP contribution >= 0.6 is 0 Å². The number of nitrogens with one attached hydrogen (secondary N) is 1. The van der Waals surface area contributed by atoms with Gasteiger partial charge in [-0.2, -0.15) is 0 Å². The molecule has 6 N–H and O–H groups in total. The molecule has 0 bridgehead atoms. The second-order valence-electron chi connectivity index (χ2n) is 17.4. The summed E-state index contributed by atoms with van der Waals surface area (Å²) in [7, 11) is 0. The van der Waals surface area contributed by atoms with Crippen molar-refractivity contribution >= 4 is 11.9 Å². The molecule has 0 aromatic rings. The van der Waals surface area contributed by atoms with Crippen LogP contribution in [0.25, 0.3) is 0 Å². The van der Waals surface area contributed by atoms with Gasteiger partial charge in [0.15, 0.2) is 12.4 Å². The maximum absolute atomic E-state index is 13.3. The Balaban J connectivity index is 2.88. The average Bonchev–Trinajstić information content (AvgIpc) is 3.34. The minimum atomic E-state index is -1.65. The van der Waals surface area contributed by atoms with Crippen LogP contribution in [0.5, 0.6) is 0 Å². The molecule has 0 aromatic carbocycles. The Bertz CT molecular complexity index is 1620. The Labute approximate surface area is 416 Å². The van der Waals surface area contributed by atoms with Crippen molar-refractivity contribution in [3.05, 3.63) is 134 Å². The summed E-state index contributed by atoms with van der Waals surface area (Å²) in [6.07, 6.45) is 52.3. The molecule has 0 aromatic heterocycles. The van der Waals surface area contributed by atoms with E-state index in [4.69, 9.17) is 14.2 Å². The number of carbonyl (C=O) groups is 2. The van der Waals surface area contributed by atoms with E-state index in [0.29, 0.717) is 12.8 Å². The van der Waals surface area contributed by atoms with E-state index in [0.717, 1.165) is 57.8 Å². The molecule has 1 amide bonds. The van der Waals surface area contributed by atoms with Gasteiger partial charge in [0, 0.05) is 6.42 Å². The van der Waals surface area contributed by atoms with Crippen molar-refractivity contribution < 1.29 is 49.3 Å². The van der Waals surface area contributed by atoms with Crippen molar-refractivity contribution in [3.8, 4) is 0 Å². The molecule has 11 nitrogen and oxygen atoms in total. The van der Waals surface area contributed by atoms with Gasteiger partial charge in [0.05, 0.1) is 25.4 Å². The number of aliphatic hydroxyl groups is 5. The first-order valence-corrected chi connectivity index (χ1v) is 26.1. The Hall–Kier alpha value is -4.20. The summed E-state index contributed by atoms with van der Waals surface area (Å²) in [4.78, 5) is 26.3. The van der Waals surface area contributed by atoms with Crippen LogP contribution in [0.15, 0.2) is 134 Å². The van der Waals surface area contributed by atoms with E-state index < -0.39 is 67.4 Å². The highest BCUT2D eigenvalue weighted by atomic mass is 16.7. The minimum Gasteiger partial charge on any atom is -0.454 e. The van der Waals surface area contributed by atoms with Crippen LogP contribution < -0.4 is 5.32 Å². The normalized spacial score (nSPS) is 21.0. The molecule has 0 saturated carbocycles. The number of hydrogen-bond acceptors (Lipinski definition) is 10. The molecule has 1 saturated heterocycles. The predicted molar refractivity (Wildman–Crippen MR) is 282 cm³/mol. The number of ether oxygens (including phenoxy) is 3. The summed E-state index contributed by atoms with van der Waals surface area (Å²) in [5, 5.41) is 56.5. The molecule has 0 aliphatic carbocycles. The summed E-state index contributed by atoms with van der Waals surface area (Å²) in [6.45, 7) is 5.37. The third-order valence-electron chi connectivity index (χ3n) is 11.3. The number of aliphatic hydroxyl groups excluding tert-OH is 5. The third kappa shape index (κ3) is 33.9. The quantitative estimate of drug-likeness (QED) is 0.0150. The lowest BCUT2D eigenvalue weighted by Crippen LogP contribution is -2.61. The van der Waals surface area contributed by atoms with Gasteiger partial charge in [0.2, 0.25) is 5.91 Å². The topological polar surface area (TPSA) is 175 Å². The summed E-state index contributed by atoms with van der Waals surface area (Å²) < 4.78 is 17.4. The summed E-state index contributed by atoms with van der Waals surface area (Å²) in [6, 6.07) is -1.08. The molecule has 69 heavy (non-hydrogen) atoms. The maximum Gasteiger partial charge on any atom is 0.306 e. The van der Waals surface area contributed by atoms with E-state index in [9.17, 15) is 35.1 Å². The van der Waals surface area contributed by atoms with Crippen molar-refractivity contribution in [2.75, 3.05) is 13.2 Å². The molecule has 11 heteroatoms. The average molecular weight is 962 g/mol. The Morgan fingerprint density at radius 1 is 0.580 bits per heavy atom. The van der Waals surface area contributed by atoms with Gasteiger partial charge in [-0.25, -0.2) is 0 Å². The van der Waals surface area contributed by atoms with Gasteiger partial charge in [0.1, 0.15) is 24.4 Å². The molecule has 1 aliphatic rings. The second kappa shape index (κ2) is 45.0. The molecule has 0 spiro atoms. The molecule has 1 aliphatic heterocycles. The van der Waals surface area contributed by atoms with Crippen molar-refractivity contribution in [2.24, 2.45) is 0 Å². The van der Waals surface area contributed by atoms with Gasteiger partial charge in [-0.15, -0.1) is 0 Å². The summed E-state index contributed by atoms with van der Waals surface area (Å²) in [5.41, 5.74) is 0. The lowest BCUT2D eigenvalue weighted by molar-refractivity contribution is -0.305. The van der Waals surface area contributed by atoms with E-state index in [-0.39, 0.29) is 19.4 Å². The van der Waals surface area contributed by atoms with Gasteiger partial charge in [-0.3, -0.25) is 9.59 Å². The van der Waals surface area contributed by atoms with E-state index in [1.165, 1.54) is 51.4 Å². The fourth-order valence-electron chi connectivity index (χ4n) is 7.17. The lowest BCUT2D eigenvalue weighted by Gasteiger charge is -2.41. The zero-order valence-electron chi connectivity index (χ0n) is 42.4. The second-order valence-corrected chi connectivity index (χ2v) is 17.4. The number of amides is 1. The van der Waals surface area contributed by atoms with Crippen molar-refractivity contribution in [3.63, 3.8) is 0 Å². The monoisotopic (exact) mass is 962 g/mol. The van der Waals surface area contributed by atoms with Crippen LogP contribution in [0.4, 0.5) is 0 Å². The molecular weight excluding hydrogens is 871 g/mol. The first-order chi connectivity index (χ1) is 33.7. The van der Waals surface area contributed by atoms with Crippen LogP contribution in [0.2, 0.25) is 0 Å². The lowest BCUT2D eigenvalue weighted by atomic mass is 9.99. The highest BCUT2D eigenvalue weighted by molar-refractivity contribution is 5.80. The Morgan fingerprint density at radius 3 is 1.57 bits per heavy atom. The highest BCUT2D eigenvalue weighted by Crippen LogP contribution is 2.26. The van der Waals surface area contributed by atoms with Crippen molar-refractivity contribution in [2.45, 2.75) is 205 Å². The van der Waals surface area contributed by atoms with Crippen LogP contribution in [-0.2, 0) is 23.8 Å². The van der Waals surface area contributed by atoms with Crippen LogP contribution in [0.3, 0.4) is 0 Å². The van der Waals surface area contributed by atoms with E-state index in [1.54, 1.807) is 6.08 Å². The number of esters is 1. The zero-order chi connectivity index (χ0) is 50.4. The molecule has 1 heterocycles. The van der Waals surface area contributed by atoms with Crippen LogP contribution in [-0.4, -0.2) is 99.6 Å². The fourth-order valence-corrected chi connectivity index (χ4v) is 7.17. The number of hydrogen-bond donors (Lipinski definition) is 6. The molecular formula is C58H91NO10. The predicted octanol–water partition coefficient (Wildman–Crippen LogP) is 10.9. The van der Waals surface area contributed by atoms with Gasteiger partial charge >= 0.3 is 5.97 Å². The van der Waals surface area contributed by atoms with Crippen LogP contribution in [0.1, 0.15) is 156 Å². The van der Waals surface area contributed by atoms with Gasteiger partial charge in [-0.05, 0) is 57.8 Å². The fraction of sp³-hybridized carbons (Fsp3) is 0.586. The first kappa shape index (κ1) is 62.8. The highest BCUT2D eigenvalue weighted by Gasteiger charge is 2.47. The van der Waals surface area contributed by atoms with Crippen molar-refractivity contribution in [1.82, 2.24) is 5.32 Å². The van der Waals surface area contributed by atoms with Gasteiger partial charge in [0.25, 0.3) is 0 Å². The van der Waals surface area contributed by atoms with Crippen LogP contribution in [0, 0.1) is 0 Å². The van der Waals surface area contributed by atoms with Gasteiger partial charge < -0.3 is 45.1 Å². The smallest absolute Gasteiger partial charge is 0.306 e. The largest absolute Gasteiger partial charge is 0.454 e. The van der Waals surface area contributed by atoms with E-state index in [1.807, 2.05) is 109 Å². The first-order valence-electron chi connectivity index (χ1n) is 26.1. The molecule has 388 valence electrons. The summed E-state index contributed by atoms with van der Waals surface area (Å²) >= 11 is 0. The SMILES string of the molecule is CC/C=C/C=C/C=C\C=C/C=C/CCCCCC(=O)OC1C(OCC(NC(=O)C(O)CC/C=C/C=C\C=C/C=C/C=C/CC)C(O)/C=C/CCCCCCCCCCCCC)OC(CO)C(O)C1O. The zero-order valence-corrected chi connectivity index (χ0v) is 42.4.